The molecule has 1 aromatic carbocycles. The van der Waals surface area contributed by atoms with Gasteiger partial charge < -0.3 is 0 Å². The van der Waals surface area contributed by atoms with Gasteiger partial charge in [-0.3, -0.25) is 4.98 Å². The highest BCUT2D eigenvalue weighted by atomic mass is 14.6. The van der Waals surface area contributed by atoms with Gasteiger partial charge in [0.2, 0.25) is 0 Å². The highest BCUT2D eigenvalue weighted by Gasteiger charge is 1.90. The predicted molar refractivity (Wildman–Crippen MR) is 47.1 cm³/mol. The van der Waals surface area contributed by atoms with Crippen molar-refractivity contribution in [2.75, 3.05) is 0 Å². The number of hydrogen-bond donors (Lipinski definition) is 0. The molecule has 1 aromatic heterocycles. The minimum Gasteiger partial charge on any atom is -0.256 e. The van der Waals surface area contributed by atoms with Crippen molar-refractivity contribution in [2.24, 2.45) is 0 Å². The summed E-state index contributed by atoms with van der Waals surface area (Å²) in [6.07, 6.45) is 1.78. The van der Waals surface area contributed by atoms with Crippen molar-refractivity contribution in [3.63, 3.8) is 0 Å². The fourth-order valence-corrected chi connectivity index (χ4v) is 1.09. The Labute approximate surface area is 66.5 Å². The molecular formula is C9H6BN. The molecule has 0 amide bonds. The lowest BCUT2D eigenvalue weighted by molar-refractivity contribution is 1.42. The Morgan fingerprint density at radius 2 is 2.09 bits per heavy atom. The van der Waals surface area contributed by atoms with Gasteiger partial charge in [-0.25, -0.2) is 0 Å². The summed E-state index contributed by atoms with van der Waals surface area (Å²) in [6.45, 7) is 0. The van der Waals surface area contributed by atoms with Crippen molar-refractivity contribution in [1.29, 1.82) is 0 Å². The van der Waals surface area contributed by atoms with E-state index in [9.17, 15) is 0 Å². The van der Waals surface area contributed by atoms with Crippen molar-refractivity contribution in [3.8, 4) is 0 Å². The Bertz CT molecular complexity index is 384. The van der Waals surface area contributed by atoms with Crippen LogP contribution in [0, 0.1) is 0 Å². The van der Waals surface area contributed by atoms with E-state index in [1.165, 1.54) is 0 Å². The third-order valence-corrected chi connectivity index (χ3v) is 1.63. The van der Waals surface area contributed by atoms with E-state index in [0.29, 0.717) is 0 Å². The quantitative estimate of drug-likeness (QED) is 0.496. The van der Waals surface area contributed by atoms with Gasteiger partial charge in [0.25, 0.3) is 0 Å². The fraction of sp³-hybridized carbons (Fsp3) is 0. The molecule has 2 aromatic rings. The molecule has 0 aliphatic carbocycles. The molecule has 0 atom stereocenters. The number of benzene rings is 1. The van der Waals surface area contributed by atoms with E-state index in [1.807, 2.05) is 30.3 Å². The molecule has 0 saturated carbocycles. The summed E-state index contributed by atoms with van der Waals surface area (Å²) in [5.74, 6) is 0. The van der Waals surface area contributed by atoms with Gasteiger partial charge in [-0.15, -0.1) is 0 Å². The summed E-state index contributed by atoms with van der Waals surface area (Å²) in [5, 5.41) is 1.09. The fourth-order valence-electron chi connectivity index (χ4n) is 1.09. The summed E-state index contributed by atoms with van der Waals surface area (Å²) in [6, 6.07) is 9.60. The monoisotopic (exact) mass is 139 g/mol. The second kappa shape index (κ2) is 2.38. The standard InChI is InChI=1S/C9H6BN/c10-8-3-4-9-7(6-8)2-1-5-11-9/h1-6H. The third kappa shape index (κ3) is 1.12. The van der Waals surface area contributed by atoms with Crippen molar-refractivity contribution in [3.05, 3.63) is 36.5 Å². The molecule has 2 heteroatoms. The SMILES string of the molecule is [B]c1ccc2ncccc2c1. The molecular weight excluding hydrogens is 133 g/mol. The average molecular weight is 139 g/mol. The molecule has 0 unspecified atom stereocenters. The first-order chi connectivity index (χ1) is 5.36. The van der Waals surface area contributed by atoms with E-state index >= 15 is 0 Å². The second-order valence-corrected chi connectivity index (χ2v) is 2.46. The molecule has 50 valence electrons. The number of aromatic nitrogens is 1. The average Bonchev–Trinajstić information content (AvgIpc) is 2.04. The lowest BCUT2D eigenvalue weighted by Crippen LogP contribution is -1.99. The van der Waals surface area contributed by atoms with Gasteiger partial charge in [0.15, 0.2) is 0 Å². The first kappa shape index (κ1) is 6.41. The van der Waals surface area contributed by atoms with Crippen molar-refractivity contribution < 1.29 is 0 Å². The Morgan fingerprint density at radius 3 is 3.00 bits per heavy atom. The molecule has 1 nitrogen and oxygen atoms in total. The van der Waals surface area contributed by atoms with Crippen molar-refractivity contribution in [2.45, 2.75) is 0 Å². The first-order valence-corrected chi connectivity index (χ1v) is 3.46. The van der Waals surface area contributed by atoms with E-state index in [4.69, 9.17) is 7.85 Å². The van der Waals surface area contributed by atoms with E-state index in [2.05, 4.69) is 4.98 Å². The van der Waals surface area contributed by atoms with Crippen LogP contribution in [0.3, 0.4) is 0 Å². The Kier molecular flexibility index (Phi) is 1.39. The van der Waals surface area contributed by atoms with Gasteiger partial charge in [-0.2, -0.15) is 0 Å². The number of hydrogen-bond acceptors (Lipinski definition) is 1. The number of pyridine rings is 1. The van der Waals surface area contributed by atoms with Crippen molar-refractivity contribution >= 4 is 24.2 Å². The van der Waals surface area contributed by atoms with E-state index in [1.54, 1.807) is 6.20 Å². The van der Waals surface area contributed by atoms with Crippen LogP contribution in [-0.4, -0.2) is 12.8 Å². The van der Waals surface area contributed by atoms with Crippen LogP contribution in [0.5, 0.6) is 0 Å². The van der Waals surface area contributed by atoms with Crippen LogP contribution in [0.1, 0.15) is 0 Å². The van der Waals surface area contributed by atoms with Crippen LogP contribution in [-0.2, 0) is 0 Å². The maximum Gasteiger partial charge on any atom is 0.113 e. The van der Waals surface area contributed by atoms with Gasteiger partial charge in [-0.1, -0.05) is 23.7 Å². The lowest BCUT2D eigenvalue weighted by Gasteiger charge is -1.96. The second-order valence-electron chi connectivity index (χ2n) is 2.46. The highest BCUT2D eigenvalue weighted by Crippen LogP contribution is 2.06. The van der Waals surface area contributed by atoms with Crippen LogP contribution in [0.25, 0.3) is 10.9 Å². The Hall–Kier alpha value is -1.31. The summed E-state index contributed by atoms with van der Waals surface area (Å²) in [4.78, 5) is 4.17. The van der Waals surface area contributed by atoms with Gasteiger partial charge in [0.05, 0.1) is 5.52 Å². The van der Waals surface area contributed by atoms with Crippen LogP contribution in [0.4, 0.5) is 0 Å². The minimum absolute atomic E-state index is 0.783. The molecule has 0 saturated heterocycles. The minimum atomic E-state index is 0.783. The summed E-state index contributed by atoms with van der Waals surface area (Å²) in [7, 11) is 5.60. The summed E-state index contributed by atoms with van der Waals surface area (Å²) < 4.78 is 0. The molecule has 0 aliphatic heterocycles. The van der Waals surface area contributed by atoms with Gasteiger partial charge in [0, 0.05) is 6.20 Å². The molecule has 0 fully saturated rings. The van der Waals surface area contributed by atoms with E-state index in [-0.39, 0.29) is 0 Å². The van der Waals surface area contributed by atoms with Gasteiger partial charge in [-0.05, 0) is 17.5 Å². The molecule has 0 bridgehead atoms. The van der Waals surface area contributed by atoms with Crippen molar-refractivity contribution in [1.82, 2.24) is 4.98 Å². The maximum absolute atomic E-state index is 5.60. The number of fused-ring (bicyclic) bond motifs is 1. The van der Waals surface area contributed by atoms with Crippen LogP contribution < -0.4 is 5.46 Å². The topological polar surface area (TPSA) is 12.9 Å². The van der Waals surface area contributed by atoms with Crippen LogP contribution in [0.15, 0.2) is 36.5 Å². The molecule has 2 rings (SSSR count). The summed E-state index contributed by atoms with van der Waals surface area (Å²) >= 11 is 0. The number of rotatable bonds is 0. The first-order valence-electron chi connectivity index (χ1n) is 3.46. The maximum atomic E-state index is 5.60. The van der Waals surface area contributed by atoms with Gasteiger partial charge >= 0.3 is 0 Å². The largest absolute Gasteiger partial charge is 0.256 e. The smallest absolute Gasteiger partial charge is 0.113 e. The molecule has 0 spiro atoms. The molecule has 1 heterocycles. The molecule has 0 N–H and O–H groups in total. The van der Waals surface area contributed by atoms with Gasteiger partial charge in [0.1, 0.15) is 7.85 Å². The summed E-state index contributed by atoms with van der Waals surface area (Å²) in [5.41, 5.74) is 1.77. The third-order valence-electron chi connectivity index (χ3n) is 1.63. The lowest BCUT2D eigenvalue weighted by atomic mass is 9.95. The highest BCUT2D eigenvalue weighted by molar-refractivity contribution is 6.33. The van der Waals surface area contributed by atoms with E-state index < -0.39 is 0 Å². The zero-order chi connectivity index (χ0) is 7.68. The Balaban J connectivity index is 2.83. The molecule has 11 heavy (non-hydrogen) atoms. The normalized spacial score (nSPS) is 10.2. The molecule has 2 radical (unpaired) electrons. The molecule has 0 aliphatic rings. The van der Waals surface area contributed by atoms with Crippen LogP contribution >= 0.6 is 0 Å². The van der Waals surface area contributed by atoms with E-state index in [0.717, 1.165) is 16.4 Å². The Morgan fingerprint density at radius 1 is 1.18 bits per heavy atom. The van der Waals surface area contributed by atoms with Crippen LogP contribution in [0.2, 0.25) is 0 Å². The zero-order valence-electron chi connectivity index (χ0n) is 5.99. The number of nitrogens with zero attached hydrogens (tertiary/aromatic N) is 1. The zero-order valence-corrected chi connectivity index (χ0v) is 5.99. The predicted octanol–water partition coefficient (Wildman–Crippen LogP) is 1.03.